The number of carbonyl (C=O) groups excluding carboxylic acids is 2. The molecule has 2 amide bonds. The molecule has 7 nitrogen and oxygen atoms in total. The number of likely N-dealkylation sites (N-methyl/N-ethyl adjacent to an activating group) is 2. The van der Waals surface area contributed by atoms with Crippen LogP contribution in [0.3, 0.4) is 0 Å². The third-order valence-electron chi connectivity index (χ3n) is 4.29. The van der Waals surface area contributed by atoms with Crippen LogP contribution in [0.4, 0.5) is 0 Å². The van der Waals surface area contributed by atoms with Gasteiger partial charge in [0.1, 0.15) is 11.3 Å². The van der Waals surface area contributed by atoms with Gasteiger partial charge < -0.3 is 9.84 Å². The highest BCUT2D eigenvalue weighted by atomic mass is 32.1. The summed E-state index contributed by atoms with van der Waals surface area (Å²) in [6.45, 7) is 3.86. The number of rotatable bonds is 6. The predicted molar refractivity (Wildman–Crippen MR) is 104 cm³/mol. The summed E-state index contributed by atoms with van der Waals surface area (Å²) in [4.78, 5) is 38.4. The van der Waals surface area contributed by atoms with Gasteiger partial charge >= 0.3 is 5.97 Å². The molecule has 0 bridgehead atoms. The lowest BCUT2D eigenvalue weighted by Gasteiger charge is -2.31. The summed E-state index contributed by atoms with van der Waals surface area (Å²) in [6.07, 6.45) is 1.81. The predicted octanol–water partition coefficient (Wildman–Crippen LogP) is 1.95. The molecule has 2 rings (SSSR count). The average Bonchev–Trinajstić information content (AvgIpc) is 2.64. The molecule has 27 heavy (non-hydrogen) atoms. The fourth-order valence-electron chi connectivity index (χ4n) is 2.68. The van der Waals surface area contributed by atoms with Crippen molar-refractivity contribution in [3.8, 4) is 5.75 Å². The normalized spacial score (nSPS) is 15.9. The summed E-state index contributed by atoms with van der Waals surface area (Å²) < 4.78 is 5.63. The van der Waals surface area contributed by atoms with E-state index >= 15 is 0 Å². The lowest BCUT2D eigenvalue weighted by Crippen LogP contribution is -2.52. The molecule has 1 saturated heterocycles. The Kier molecular flexibility index (Phi) is 6.32. The number of hydrogen-bond acceptors (Lipinski definition) is 5. The van der Waals surface area contributed by atoms with Gasteiger partial charge in [-0.05, 0) is 48.8 Å². The first-order valence-corrected chi connectivity index (χ1v) is 8.88. The molecule has 0 aliphatic carbocycles. The monoisotopic (exact) mass is 390 g/mol. The lowest BCUT2D eigenvalue weighted by atomic mass is 9.98. The Morgan fingerprint density at radius 2 is 1.85 bits per heavy atom. The van der Waals surface area contributed by atoms with Crippen molar-refractivity contribution in [2.75, 3.05) is 20.7 Å². The zero-order valence-corrected chi connectivity index (χ0v) is 16.5. The number of benzene rings is 1. The number of nitrogens with zero attached hydrogens (tertiary/aromatic N) is 2. The van der Waals surface area contributed by atoms with Gasteiger partial charge in [-0.2, -0.15) is 0 Å². The maximum atomic E-state index is 12.4. The molecule has 0 spiro atoms. The van der Waals surface area contributed by atoms with Crippen molar-refractivity contribution in [2.24, 2.45) is 5.92 Å². The van der Waals surface area contributed by atoms with Crippen molar-refractivity contribution >= 4 is 41.2 Å². The summed E-state index contributed by atoms with van der Waals surface area (Å²) in [7, 11) is 3.03. The minimum Gasteiger partial charge on any atom is -0.494 e. The van der Waals surface area contributed by atoms with E-state index in [9.17, 15) is 14.4 Å². The van der Waals surface area contributed by atoms with Gasteiger partial charge in [0.15, 0.2) is 5.11 Å². The summed E-state index contributed by atoms with van der Waals surface area (Å²) in [6, 6.07) is 5.19. The maximum Gasteiger partial charge on any atom is 0.306 e. The van der Waals surface area contributed by atoms with E-state index in [1.807, 2.05) is 6.92 Å². The molecule has 144 valence electrons. The number of carbonyl (C=O) groups is 3. The molecule has 0 radical (unpaired) electrons. The number of amides is 2. The zero-order valence-electron chi connectivity index (χ0n) is 15.7. The first kappa shape index (κ1) is 20.6. The molecule has 1 aromatic rings. The quantitative estimate of drug-likeness (QED) is 0.454. The highest BCUT2D eigenvalue weighted by molar-refractivity contribution is 7.80. The fourth-order valence-corrected chi connectivity index (χ4v) is 2.84. The van der Waals surface area contributed by atoms with Crippen LogP contribution in [-0.4, -0.2) is 58.5 Å². The largest absolute Gasteiger partial charge is 0.494 e. The molecule has 0 saturated carbocycles. The van der Waals surface area contributed by atoms with Crippen LogP contribution < -0.4 is 4.74 Å². The Bertz CT molecular complexity index is 807. The van der Waals surface area contributed by atoms with Crippen LogP contribution in [-0.2, 0) is 20.8 Å². The molecule has 0 aromatic heterocycles. The van der Waals surface area contributed by atoms with Gasteiger partial charge in [0.2, 0.25) is 0 Å². The van der Waals surface area contributed by atoms with Crippen molar-refractivity contribution in [3.63, 3.8) is 0 Å². The van der Waals surface area contributed by atoms with E-state index in [2.05, 4.69) is 0 Å². The second kappa shape index (κ2) is 8.30. The van der Waals surface area contributed by atoms with Crippen LogP contribution in [0.15, 0.2) is 23.8 Å². The van der Waals surface area contributed by atoms with E-state index in [-0.39, 0.29) is 10.7 Å². The molecule has 8 heteroatoms. The fraction of sp³-hybridized carbons (Fsp3) is 0.368. The Balaban J connectivity index is 2.41. The van der Waals surface area contributed by atoms with E-state index in [0.29, 0.717) is 24.3 Å². The van der Waals surface area contributed by atoms with E-state index in [0.717, 1.165) is 5.56 Å². The molecular formula is C19H22N2O5S. The maximum absolute atomic E-state index is 12.4. The number of carboxylic acids is 1. The highest BCUT2D eigenvalue weighted by Crippen LogP contribution is 2.26. The standard InChI is InChI=1S/C19H22N2O5S/c1-5-26-15-10-12(6-7-13(15)8-11(2)18(24)25)9-14-16(22)20(3)19(27)21(4)17(14)23/h6-7,9-11H,5,8H2,1-4H3,(H,24,25). The SMILES string of the molecule is CCOc1cc(C=C2C(=O)N(C)C(=S)N(C)C2=O)ccc1CC(C)C(=O)O. The van der Waals surface area contributed by atoms with Gasteiger partial charge in [0.25, 0.3) is 11.8 Å². The van der Waals surface area contributed by atoms with Crippen molar-refractivity contribution < 1.29 is 24.2 Å². The van der Waals surface area contributed by atoms with Gasteiger partial charge in [0.05, 0.1) is 12.5 Å². The first-order valence-electron chi connectivity index (χ1n) is 8.47. The van der Waals surface area contributed by atoms with E-state index in [4.69, 9.17) is 22.1 Å². The molecule has 1 fully saturated rings. The number of ether oxygens (including phenoxy) is 1. The van der Waals surface area contributed by atoms with Crippen LogP contribution in [0.25, 0.3) is 6.08 Å². The van der Waals surface area contributed by atoms with Gasteiger partial charge in [-0.1, -0.05) is 19.1 Å². The number of thiocarbonyl (C=S) groups is 1. The van der Waals surface area contributed by atoms with Crippen LogP contribution in [0, 0.1) is 5.92 Å². The lowest BCUT2D eigenvalue weighted by molar-refractivity contribution is -0.141. The third-order valence-corrected chi connectivity index (χ3v) is 4.84. The Labute approximate surface area is 163 Å². The smallest absolute Gasteiger partial charge is 0.306 e. The van der Waals surface area contributed by atoms with Crippen molar-refractivity contribution in [2.45, 2.75) is 20.3 Å². The topological polar surface area (TPSA) is 87.2 Å². The summed E-state index contributed by atoms with van der Waals surface area (Å²) >= 11 is 5.07. The Morgan fingerprint density at radius 1 is 1.26 bits per heavy atom. The summed E-state index contributed by atoms with van der Waals surface area (Å²) in [5.41, 5.74) is 1.37. The van der Waals surface area contributed by atoms with Crippen molar-refractivity contribution in [1.29, 1.82) is 0 Å². The average molecular weight is 390 g/mol. The second-order valence-electron chi connectivity index (χ2n) is 6.31. The summed E-state index contributed by atoms with van der Waals surface area (Å²) in [5.74, 6) is -1.84. The van der Waals surface area contributed by atoms with Gasteiger partial charge in [-0.3, -0.25) is 24.2 Å². The van der Waals surface area contributed by atoms with Crippen molar-refractivity contribution in [3.05, 3.63) is 34.9 Å². The van der Waals surface area contributed by atoms with Crippen LogP contribution in [0.2, 0.25) is 0 Å². The van der Waals surface area contributed by atoms with E-state index in [1.165, 1.54) is 30.0 Å². The second-order valence-corrected chi connectivity index (χ2v) is 6.68. The number of hydrogen-bond donors (Lipinski definition) is 1. The van der Waals surface area contributed by atoms with Crippen molar-refractivity contribution in [1.82, 2.24) is 9.80 Å². The number of carboxylic acid groups (broad SMARTS) is 1. The van der Waals surface area contributed by atoms with Crippen LogP contribution in [0.5, 0.6) is 5.75 Å². The third kappa shape index (κ3) is 4.33. The molecule has 1 N–H and O–H groups in total. The molecule has 1 aromatic carbocycles. The Morgan fingerprint density at radius 3 is 2.37 bits per heavy atom. The first-order chi connectivity index (χ1) is 12.7. The molecule has 1 heterocycles. The van der Waals surface area contributed by atoms with E-state index < -0.39 is 23.7 Å². The Hall–Kier alpha value is -2.74. The minimum atomic E-state index is -0.885. The molecule has 1 unspecified atom stereocenters. The van der Waals surface area contributed by atoms with Gasteiger partial charge in [0, 0.05) is 14.1 Å². The molecular weight excluding hydrogens is 368 g/mol. The molecule has 1 atom stereocenters. The summed E-state index contributed by atoms with van der Waals surface area (Å²) in [5, 5.41) is 9.27. The number of aliphatic carboxylic acids is 1. The van der Waals surface area contributed by atoms with Gasteiger partial charge in [-0.25, -0.2) is 0 Å². The minimum absolute atomic E-state index is 0.00250. The van der Waals surface area contributed by atoms with Crippen LogP contribution >= 0.6 is 12.2 Å². The van der Waals surface area contributed by atoms with Crippen LogP contribution in [0.1, 0.15) is 25.0 Å². The van der Waals surface area contributed by atoms with E-state index in [1.54, 1.807) is 25.1 Å². The molecule has 1 aliphatic heterocycles. The highest BCUT2D eigenvalue weighted by Gasteiger charge is 2.35. The molecule has 1 aliphatic rings. The van der Waals surface area contributed by atoms with Gasteiger partial charge in [-0.15, -0.1) is 0 Å². The zero-order chi connectivity index (χ0) is 20.3.